The van der Waals surface area contributed by atoms with E-state index >= 15 is 0 Å². The average molecular weight is 418 g/mol. The van der Waals surface area contributed by atoms with E-state index < -0.39 is 0 Å². The van der Waals surface area contributed by atoms with Crippen molar-refractivity contribution in [1.82, 2.24) is 19.9 Å². The third kappa shape index (κ3) is 3.62. The van der Waals surface area contributed by atoms with Crippen LogP contribution in [0.3, 0.4) is 0 Å². The van der Waals surface area contributed by atoms with E-state index in [1.165, 1.54) is 0 Å². The summed E-state index contributed by atoms with van der Waals surface area (Å²) in [5.74, 6) is 0.624. The summed E-state index contributed by atoms with van der Waals surface area (Å²) in [6.07, 6.45) is 1.76. The van der Waals surface area contributed by atoms with Crippen molar-refractivity contribution in [3.63, 3.8) is 0 Å². The Kier molecular flexibility index (Phi) is 4.85. The second-order valence-corrected chi connectivity index (χ2v) is 7.74. The number of aromatic nitrogens is 3. The van der Waals surface area contributed by atoms with Crippen LogP contribution in [0.5, 0.6) is 0 Å². The number of fused-ring (bicyclic) bond motifs is 1. The molecule has 1 aliphatic rings. The Morgan fingerprint density at radius 1 is 0.967 bits per heavy atom. The molecule has 0 bridgehead atoms. The number of piperazine rings is 1. The molecule has 0 saturated carbocycles. The van der Waals surface area contributed by atoms with Gasteiger partial charge in [-0.1, -0.05) is 48.0 Å². The molecular formula is C23H20ClN5O. The predicted octanol–water partition coefficient (Wildman–Crippen LogP) is 4.24. The summed E-state index contributed by atoms with van der Waals surface area (Å²) in [7, 11) is 0. The molecule has 1 N–H and O–H groups in total. The maximum absolute atomic E-state index is 13.0. The van der Waals surface area contributed by atoms with Crippen molar-refractivity contribution >= 4 is 34.2 Å². The van der Waals surface area contributed by atoms with Crippen molar-refractivity contribution in [2.45, 2.75) is 0 Å². The number of carbonyl (C=O) groups is 1. The van der Waals surface area contributed by atoms with Crippen molar-refractivity contribution in [3.8, 4) is 11.4 Å². The topological polar surface area (TPSA) is 65.1 Å². The largest absolute Gasteiger partial charge is 0.368 e. The molecule has 2 aromatic heterocycles. The van der Waals surface area contributed by atoms with Crippen molar-refractivity contribution in [3.05, 3.63) is 77.6 Å². The summed E-state index contributed by atoms with van der Waals surface area (Å²) in [4.78, 5) is 29.4. The molecule has 0 radical (unpaired) electrons. The first-order valence-corrected chi connectivity index (χ1v) is 10.3. The van der Waals surface area contributed by atoms with E-state index in [4.69, 9.17) is 11.6 Å². The Hall–Kier alpha value is -3.38. The summed E-state index contributed by atoms with van der Waals surface area (Å²) < 4.78 is 0. The van der Waals surface area contributed by atoms with Crippen molar-refractivity contribution < 1.29 is 4.79 Å². The second kappa shape index (κ2) is 7.80. The van der Waals surface area contributed by atoms with Gasteiger partial charge in [0, 0.05) is 54.0 Å². The molecule has 2 aromatic carbocycles. The number of aromatic amines is 1. The zero-order valence-corrected chi connectivity index (χ0v) is 17.0. The van der Waals surface area contributed by atoms with Crippen LogP contribution in [-0.2, 0) is 0 Å². The number of halogens is 1. The fraction of sp³-hybridized carbons (Fsp3) is 0.174. The van der Waals surface area contributed by atoms with Gasteiger partial charge in [-0.2, -0.15) is 0 Å². The second-order valence-electron chi connectivity index (χ2n) is 7.31. The fourth-order valence-electron chi connectivity index (χ4n) is 3.77. The van der Waals surface area contributed by atoms with Crippen LogP contribution in [-0.4, -0.2) is 51.9 Å². The Bertz CT molecular complexity index is 1200. The first kappa shape index (κ1) is 18.6. The van der Waals surface area contributed by atoms with E-state index in [1.807, 2.05) is 65.6 Å². The lowest BCUT2D eigenvalue weighted by atomic mass is 10.2. The zero-order valence-electron chi connectivity index (χ0n) is 16.3. The Balaban J connectivity index is 1.31. The molecule has 30 heavy (non-hydrogen) atoms. The highest BCUT2D eigenvalue weighted by Crippen LogP contribution is 2.22. The maximum Gasteiger partial charge on any atom is 0.270 e. The molecule has 1 aliphatic heterocycles. The molecule has 0 spiro atoms. The van der Waals surface area contributed by atoms with Crippen molar-refractivity contribution in [2.24, 2.45) is 0 Å². The minimum absolute atomic E-state index is 0.0139. The molecule has 1 saturated heterocycles. The molecule has 6 nitrogen and oxygen atoms in total. The lowest BCUT2D eigenvalue weighted by Crippen LogP contribution is -2.48. The van der Waals surface area contributed by atoms with Crippen LogP contribution in [0, 0.1) is 0 Å². The number of amides is 1. The summed E-state index contributed by atoms with van der Waals surface area (Å²) in [5.41, 5.74) is 3.24. The fourth-order valence-corrected chi connectivity index (χ4v) is 3.95. The van der Waals surface area contributed by atoms with Crippen molar-refractivity contribution in [1.29, 1.82) is 0 Å². The van der Waals surface area contributed by atoms with Gasteiger partial charge in [-0.15, -0.1) is 0 Å². The minimum Gasteiger partial charge on any atom is -0.368 e. The number of hydrogen-bond acceptors (Lipinski definition) is 4. The number of nitrogens with zero attached hydrogens (tertiary/aromatic N) is 4. The molecule has 3 heterocycles. The first-order chi connectivity index (χ1) is 14.7. The highest BCUT2D eigenvalue weighted by Gasteiger charge is 2.24. The third-order valence-corrected chi connectivity index (χ3v) is 5.61. The molecule has 1 fully saturated rings. The molecule has 1 amide bonds. The Labute approximate surface area is 179 Å². The van der Waals surface area contributed by atoms with E-state index in [1.54, 1.807) is 6.20 Å². The van der Waals surface area contributed by atoms with Gasteiger partial charge >= 0.3 is 0 Å². The molecule has 0 unspecified atom stereocenters. The van der Waals surface area contributed by atoms with Gasteiger partial charge in [0.05, 0.1) is 0 Å². The van der Waals surface area contributed by atoms with Gasteiger partial charge in [0.15, 0.2) is 5.82 Å². The molecular weight excluding hydrogens is 398 g/mol. The first-order valence-electron chi connectivity index (χ1n) is 9.88. The van der Waals surface area contributed by atoms with Crippen LogP contribution in [0.2, 0.25) is 5.02 Å². The number of H-pyrrole nitrogens is 1. The average Bonchev–Trinajstić information content (AvgIpc) is 3.23. The quantitative estimate of drug-likeness (QED) is 0.541. The number of hydrogen-bond donors (Lipinski definition) is 1. The summed E-state index contributed by atoms with van der Waals surface area (Å²) in [6.45, 7) is 2.85. The van der Waals surface area contributed by atoms with Gasteiger partial charge in [-0.25, -0.2) is 9.97 Å². The zero-order chi connectivity index (χ0) is 20.5. The summed E-state index contributed by atoms with van der Waals surface area (Å²) in [5, 5.41) is 1.55. The number of rotatable bonds is 3. The molecule has 150 valence electrons. The Morgan fingerprint density at radius 2 is 1.77 bits per heavy atom. The Morgan fingerprint density at radius 3 is 2.53 bits per heavy atom. The van der Waals surface area contributed by atoms with E-state index in [9.17, 15) is 4.79 Å². The number of carbonyl (C=O) groups excluding carboxylic acids is 1. The van der Waals surface area contributed by atoms with Gasteiger partial charge in [0.2, 0.25) is 0 Å². The van der Waals surface area contributed by atoms with Gasteiger partial charge in [-0.3, -0.25) is 4.79 Å². The smallest absolute Gasteiger partial charge is 0.270 e. The van der Waals surface area contributed by atoms with Crippen LogP contribution in [0.25, 0.3) is 22.4 Å². The van der Waals surface area contributed by atoms with Crippen LogP contribution in [0.1, 0.15) is 10.5 Å². The lowest BCUT2D eigenvalue weighted by molar-refractivity contribution is 0.0742. The van der Waals surface area contributed by atoms with Crippen LogP contribution in [0.15, 0.2) is 66.9 Å². The molecule has 7 heteroatoms. The molecule has 4 aromatic rings. The van der Waals surface area contributed by atoms with E-state index in [2.05, 4.69) is 19.9 Å². The summed E-state index contributed by atoms with van der Waals surface area (Å²) in [6, 6.07) is 19.5. The van der Waals surface area contributed by atoms with Gasteiger partial charge in [-0.05, 0) is 24.3 Å². The van der Waals surface area contributed by atoms with Crippen LogP contribution in [0.4, 0.5) is 5.69 Å². The van der Waals surface area contributed by atoms with Gasteiger partial charge < -0.3 is 14.8 Å². The number of anilines is 1. The SMILES string of the molecule is O=C(c1cc2cnc(-c3ccccc3)nc2[nH]1)N1CCN(c2cccc(Cl)c2)CC1. The van der Waals surface area contributed by atoms with E-state index in [0.717, 1.165) is 34.7 Å². The van der Waals surface area contributed by atoms with Gasteiger partial charge in [0.1, 0.15) is 11.3 Å². The molecule has 0 atom stereocenters. The van der Waals surface area contributed by atoms with E-state index in [-0.39, 0.29) is 5.91 Å². The number of benzene rings is 2. The number of nitrogens with one attached hydrogen (secondary N) is 1. The van der Waals surface area contributed by atoms with Crippen LogP contribution < -0.4 is 4.90 Å². The predicted molar refractivity (Wildman–Crippen MR) is 119 cm³/mol. The molecule has 5 rings (SSSR count). The van der Waals surface area contributed by atoms with Crippen LogP contribution >= 0.6 is 11.6 Å². The minimum atomic E-state index is -0.0139. The van der Waals surface area contributed by atoms with E-state index in [0.29, 0.717) is 30.3 Å². The van der Waals surface area contributed by atoms with Crippen molar-refractivity contribution in [2.75, 3.05) is 31.1 Å². The lowest BCUT2D eigenvalue weighted by Gasteiger charge is -2.36. The molecule has 0 aliphatic carbocycles. The highest BCUT2D eigenvalue weighted by atomic mass is 35.5. The summed E-state index contributed by atoms with van der Waals surface area (Å²) >= 11 is 6.11. The van der Waals surface area contributed by atoms with Gasteiger partial charge in [0.25, 0.3) is 5.91 Å². The monoisotopic (exact) mass is 417 g/mol. The maximum atomic E-state index is 13.0. The third-order valence-electron chi connectivity index (χ3n) is 5.37. The highest BCUT2D eigenvalue weighted by molar-refractivity contribution is 6.30. The standard InChI is InChI=1S/C23H20ClN5O/c24-18-7-4-8-19(14-18)28-9-11-29(12-10-28)23(30)20-13-17-15-25-21(27-22(17)26-20)16-5-2-1-3-6-16/h1-8,13-15H,9-12H2,(H,25,26,27). The normalized spacial score (nSPS) is 14.3.